The Kier molecular flexibility index (Phi) is 5.47. The Labute approximate surface area is 126 Å². The lowest BCUT2D eigenvalue weighted by atomic mass is 10.1. The molecule has 0 aliphatic carbocycles. The van der Waals surface area contributed by atoms with Crippen molar-refractivity contribution in [2.75, 3.05) is 6.54 Å². The SMILES string of the molecule is Cc1cccc(S(=O)(=O)NCCCCc2cccnc2)c1. The van der Waals surface area contributed by atoms with Crippen molar-refractivity contribution in [3.05, 3.63) is 59.9 Å². The average Bonchev–Trinajstić information content (AvgIpc) is 2.48. The molecule has 0 unspecified atom stereocenters. The van der Waals surface area contributed by atoms with Gasteiger partial charge in [-0.2, -0.15) is 0 Å². The molecule has 1 heterocycles. The van der Waals surface area contributed by atoms with Crippen LogP contribution in [0.5, 0.6) is 0 Å². The number of hydrogen-bond acceptors (Lipinski definition) is 3. The predicted molar refractivity (Wildman–Crippen MR) is 83.5 cm³/mol. The summed E-state index contributed by atoms with van der Waals surface area (Å²) < 4.78 is 26.8. The van der Waals surface area contributed by atoms with Crippen LogP contribution in [0.15, 0.2) is 53.7 Å². The van der Waals surface area contributed by atoms with Crippen molar-refractivity contribution in [1.82, 2.24) is 9.71 Å². The van der Waals surface area contributed by atoms with Gasteiger partial charge >= 0.3 is 0 Å². The summed E-state index contributed by atoms with van der Waals surface area (Å²) in [7, 11) is -3.39. The van der Waals surface area contributed by atoms with Crippen LogP contribution in [0, 0.1) is 6.92 Å². The molecule has 1 aromatic heterocycles. The number of nitrogens with one attached hydrogen (secondary N) is 1. The van der Waals surface area contributed by atoms with Gasteiger partial charge in [-0.3, -0.25) is 4.98 Å². The van der Waals surface area contributed by atoms with Gasteiger partial charge in [0.15, 0.2) is 0 Å². The largest absolute Gasteiger partial charge is 0.264 e. The van der Waals surface area contributed by atoms with E-state index in [4.69, 9.17) is 0 Å². The lowest BCUT2D eigenvalue weighted by molar-refractivity contribution is 0.576. The minimum absolute atomic E-state index is 0.328. The van der Waals surface area contributed by atoms with E-state index in [2.05, 4.69) is 9.71 Å². The molecule has 0 bridgehead atoms. The summed E-state index contributed by atoms with van der Waals surface area (Å²) in [6, 6.07) is 10.9. The van der Waals surface area contributed by atoms with E-state index in [0.29, 0.717) is 11.4 Å². The Morgan fingerprint density at radius 2 is 2.00 bits per heavy atom. The van der Waals surface area contributed by atoms with E-state index in [1.54, 1.807) is 24.4 Å². The molecule has 0 radical (unpaired) electrons. The van der Waals surface area contributed by atoms with Crippen LogP contribution in [0.3, 0.4) is 0 Å². The maximum Gasteiger partial charge on any atom is 0.240 e. The lowest BCUT2D eigenvalue weighted by Crippen LogP contribution is -2.24. The second kappa shape index (κ2) is 7.33. The van der Waals surface area contributed by atoms with E-state index in [1.165, 1.54) is 5.56 Å². The number of nitrogens with zero attached hydrogens (tertiary/aromatic N) is 1. The number of aryl methyl sites for hydroxylation is 2. The Bertz CT molecular complexity index is 670. The summed E-state index contributed by atoms with van der Waals surface area (Å²) in [4.78, 5) is 4.39. The molecular formula is C16H20N2O2S. The van der Waals surface area contributed by atoms with Crippen LogP contribution in [-0.2, 0) is 16.4 Å². The molecule has 0 fully saturated rings. The van der Waals surface area contributed by atoms with E-state index in [1.807, 2.05) is 31.3 Å². The molecular weight excluding hydrogens is 284 g/mol. The molecule has 0 amide bonds. The maximum atomic E-state index is 12.1. The number of benzene rings is 1. The van der Waals surface area contributed by atoms with Gasteiger partial charge in [0.25, 0.3) is 0 Å². The van der Waals surface area contributed by atoms with Crippen LogP contribution >= 0.6 is 0 Å². The number of hydrogen-bond donors (Lipinski definition) is 1. The summed E-state index contributed by atoms with van der Waals surface area (Å²) >= 11 is 0. The van der Waals surface area contributed by atoms with Crippen molar-refractivity contribution in [3.63, 3.8) is 0 Å². The van der Waals surface area contributed by atoms with Crippen LogP contribution < -0.4 is 4.72 Å². The third-order valence-corrected chi connectivity index (χ3v) is 4.67. The van der Waals surface area contributed by atoms with Gasteiger partial charge in [-0.1, -0.05) is 18.2 Å². The van der Waals surface area contributed by atoms with Crippen LogP contribution in [0.1, 0.15) is 24.0 Å². The summed E-state index contributed by atoms with van der Waals surface area (Å²) in [6.45, 7) is 2.34. The first-order valence-corrected chi connectivity index (χ1v) is 8.51. The molecule has 0 spiro atoms. The fourth-order valence-corrected chi connectivity index (χ4v) is 3.25. The van der Waals surface area contributed by atoms with Crippen molar-refractivity contribution in [2.24, 2.45) is 0 Å². The zero-order valence-electron chi connectivity index (χ0n) is 12.1. The van der Waals surface area contributed by atoms with Crippen LogP contribution in [0.4, 0.5) is 0 Å². The average molecular weight is 304 g/mol. The Balaban J connectivity index is 1.78. The fraction of sp³-hybridized carbons (Fsp3) is 0.312. The number of rotatable bonds is 7. The summed E-state index contributed by atoms with van der Waals surface area (Å²) in [5.74, 6) is 0. The van der Waals surface area contributed by atoms with Gasteiger partial charge in [-0.25, -0.2) is 13.1 Å². The summed E-state index contributed by atoms with van der Waals surface area (Å²) in [5.41, 5.74) is 2.12. The molecule has 0 saturated carbocycles. The highest BCUT2D eigenvalue weighted by molar-refractivity contribution is 7.89. The molecule has 21 heavy (non-hydrogen) atoms. The smallest absolute Gasteiger partial charge is 0.240 e. The van der Waals surface area contributed by atoms with Gasteiger partial charge < -0.3 is 0 Å². The standard InChI is InChI=1S/C16H20N2O2S/c1-14-6-4-9-16(12-14)21(19,20)18-11-3-2-7-15-8-5-10-17-13-15/h4-6,8-10,12-13,18H,2-3,7,11H2,1H3. The van der Waals surface area contributed by atoms with E-state index in [0.717, 1.165) is 24.8 Å². The van der Waals surface area contributed by atoms with Gasteiger partial charge in [0, 0.05) is 18.9 Å². The number of sulfonamides is 1. The first kappa shape index (κ1) is 15.7. The fourth-order valence-electron chi connectivity index (χ4n) is 2.07. The zero-order valence-corrected chi connectivity index (χ0v) is 12.9. The first-order valence-electron chi connectivity index (χ1n) is 7.03. The molecule has 0 saturated heterocycles. The molecule has 4 nitrogen and oxygen atoms in total. The van der Waals surface area contributed by atoms with Gasteiger partial charge in [0.05, 0.1) is 4.90 Å². The van der Waals surface area contributed by atoms with Gasteiger partial charge in [0.2, 0.25) is 10.0 Å². The maximum absolute atomic E-state index is 12.1. The highest BCUT2D eigenvalue weighted by Crippen LogP contribution is 2.10. The molecule has 2 aromatic rings. The molecule has 0 aliphatic rings. The van der Waals surface area contributed by atoms with Crippen LogP contribution in [-0.4, -0.2) is 19.9 Å². The third kappa shape index (κ3) is 4.95. The number of unbranched alkanes of at least 4 members (excludes halogenated alkanes) is 1. The predicted octanol–water partition coefficient (Wildman–Crippen LogP) is 2.69. The van der Waals surface area contributed by atoms with Crippen molar-refractivity contribution in [1.29, 1.82) is 0 Å². The molecule has 2 rings (SSSR count). The third-order valence-electron chi connectivity index (χ3n) is 3.21. The molecule has 5 heteroatoms. The first-order chi connectivity index (χ1) is 10.1. The molecule has 1 N–H and O–H groups in total. The van der Waals surface area contributed by atoms with Gasteiger partial charge in [-0.05, 0) is 55.5 Å². The number of aromatic nitrogens is 1. The van der Waals surface area contributed by atoms with Crippen LogP contribution in [0.25, 0.3) is 0 Å². The summed E-state index contributed by atoms with van der Waals surface area (Å²) in [6.07, 6.45) is 6.25. The quantitative estimate of drug-likeness (QED) is 0.800. The second-order valence-electron chi connectivity index (χ2n) is 5.03. The summed E-state index contributed by atoms with van der Waals surface area (Å²) in [5, 5.41) is 0. The minimum Gasteiger partial charge on any atom is -0.264 e. The minimum atomic E-state index is -3.39. The lowest BCUT2D eigenvalue weighted by Gasteiger charge is -2.07. The number of pyridine rings is 1. The molecule has 1 aromatic carbocycles. The van der Waals surface area contributed by atoms with E-state index < -0.39 is 10.0 Å². The van der Waals surface area contributed by atoms with Crippen molar-refractivity contribution in [3.8, 4) is 0 Å². The van der Waals surface area contributed by atoms with E-state index in [9.17, 15) is 8.42 Å². The Morgan fingerprint density at radius 3 is 2.71 bits per heavy atom. The van der Waals surface area contributed by atoms with Crippen molar-refractivity contribution >= 4 is 10.0 Å². The highest BCUT2D eigenvalue weighted by Gasteiger charge is 2.12. The zero-order chi connectivity index (χ0) is 15.1. The second-order valence-corrected chi connectivity index (χ2v) is 6.80. The van der Waals surface area contributed by atoms with Crippen molar-refractivity contribution < 1.29 is 8.42 Å². The van der Waals surface area contributed by atoms with Gasteiger partial charge in [-0.15, -0.1) is 0 Å². The normalized spacial score (nSPS) is 11.5. The highest BCUT2D eigenvalue weighted by atomic mass is 32.2. The van der Waals surface area contributed by atoms with E-state index in [-0.39, 0.29) is 0 Å². The molecule has 112 valence electrons. The molecule has 0 atom stereocenters. The van der Waals surface area contributed by atoms with Crippen molar-refractivity contribution in [2.45, 2.75) is 31.1 Å². The van der Waals surface area contributed by atoms with E-state index >= 15 is 0 Å². The molecule has 0 aliphatic heterocycles. The Morgan fingerprint density at radius 1 is 1.14 bits per heavy atom. The monoisotopic (exact) mass is 304 g/mol. The Hall–Kier alpha value is -1.72. The van der Waals surface area contributed by atoms with Gasteiger partial charge in [0.1, 0.15) is 0 Å². The topological polar surface area (TPSA) is 59.1 Å². The van der Waals surface area contributed by atoms with Crippen LogP contribution in [0.2, 0.25) is 0 Å².